The van der Waals surface area contributed by atoms with Gasteiger partial charge in [-0.25, -0.2) is 0 Å². The fourth-order valence-electron chi connectivity index (χ4n) is 5.12. The highest BCUT2D eigenvalue weighted by Gasteiger charge is 2.61. The van der Waals surface area contributed by atoms with Gasteiger partial charge < -0.3 is 19.2 Å². The third kappa shape index (κ3) is 4.70. The van der Waals surface area contributed by atoms with Gasteiger partial charge in [0.15, 0.2) is 5.76 Å². The van der Waals surface area contributed by atoms with Gasteiger partial charge in [-0.05, 0) is 70.9 Å². The van der Waals surface area contributed by atoms with E-state index in [1.54, 1.807) is 44.7 Å². The summed E-state index contributed by atoms with van der Waals surface area (Å²) in [5.74, 6) is -0.00781. The number of furan rings is 1. The minimum absolute atomic E-state index is 0.0161. The molecular formula is C24H37N2O6+. The van der Waals surface area contributed by atoms with Crippen LogP contribution in [0.5, 0.6) is 0 Å². The van der Waals surface area contributed by atoms with Crippen molar-refractivity contribution >= 4 is 18.1 Å². The number of hydrogen-bond donors (Lipinski definition) is 1. The molecule has 2 aliphatic rings. The highest BCUT2D eigenvalue weighted by molar-refractivity contribution is 5.92. The van der Waals surface area contributed by atoms with Crippen LogP contribution in [0.15, 0.2) is 22.8 Å². The molecule has 3 amide bonds. The van der Waals surface area contributed by atoms with Crippen molar-refractivity contribution in [2.75, 3.05) is 6.54 Å². The first kappa shape index (κ1) is 24.3. The molecule has 8 nitrogen and oxygen atoms in total. The largest absolute Gasteiger partial charge is 0.527 e. The minimum Gasteiger partial charge on any atom is -0.459 e. The molecule has 32 heavy (non-hydrogen) atoms. The standard InChI is InChI=1S/C24H36N2O6/c1-16-14-18(15-26(16,21(28)29)22(30)32-23(2,3)4)25(20(27)19-8-7-13-31-19)17-9-11-24(5,6)12-10-17/h7-8,13,16-18H,9-12,14-15H2,1-6H3/p+1/t16?,18-,26?/m0/s1. The van der Waals surface area contributed by atoms with Crippen LogP contribution in [0.2, 0.25) is 0 Å². The number of ether oxygens (including phenoxy) is 1. The predicted molar refractivity (Wildman–Crippen MR) is 118 cm³/mol. The molecular weight excluding hydrogens is 412 g/mol. The minimum atomic E-state index is -1.25. The topological polar surface area (TPSA) is 97.0 Å². The summed E-state index contributed by atoms with van der Waals surface area (Å²) in [6.07, 6.45) is 3.47. The summed E-state index contributed by atoms with van der Waals surface area (Å²) in [5, 5.41) is 10.2. The van der Waals surface area contributed by atoms with Gasteiger partial charge in [0.25, 0.3) is 5.91 Å². The monoisotopic (exact) mass is 449 g/mol. The van der Waals surface area contributed by atoms with Crippen LogP contribution < -0.4 is 0 Å². The van der Waals surface area contributed by atoms with E-state index in [1.807, 2.05) is 0 Å². The van der Waals surface area contributed by atoms with Crippen molar-refractivity contribution in [3.8, 4) is 0 Å². The van der Waals surface area contributed by atoms with Crippen molar-refractivity contribution in [1.29, 1.82) is 0 Å². The lowest BCUT2D eigenvalue weighted by molar-refractivity contribution is -0.797. The van der Waals surface area contributed by atoms with Crippen LogP contribution >= 0.6 is 0 Å². The second-order valence-corrected chi connectivity index (χ2v) is 11.1. The fraction of sp³-hybridized carbons (Fsp3) is 0.708. The Morgan fingerprint density at radius 2 is 1.81 bits per heavy atom. The van der Waals surface area contributed by atoms with Crippen molar-refractivity contribution < 1.29 is 33.1 Å². The molecule has 1 aliphatic heterocycles. The van der Waals surface area contributed by atoms with E-state index in [0.717, 1.165) is 25.7 Å². The number of amides is 3. The first-order valence-electron chi connectivity index (χ1n) is 11.5. The molecule has 8 heteroatoms. The van der Waals surface area contributed by atoms with Gasteiger partial charge in [0.05, 0.1) is 12.3 Å². The molecule has 2 unspecified atom stereocenters. The van der Waals surface area contributed by atoms with E-state index in [9.17, 15) is 19.5 Å². The van der Waals surface area contributed by atoms with E-state index >= 15 is 0 Å². The summed E-state index contributed by atoms with van der Waals surface area (Å²) in [4.78, 5) is 40.9. The van der Waals surface area contributed by atoms with Gasteiger partial charge in [0, 0.05) is 12.5 Å². The van der Waals surface area contributed by atoms with E-state index in [-0.39, 0.29) is 29.7 Å². The van der Waals surface area contributed by atoms with Gasteiger partial charge in [-0.3, -0.25) is 4.79 Å². The van der Waals surface area contributed by atoms with Gasteiger partial charge in [-0.15, -0.1) is 4.48 Å². The van der Waals surface area contributed by atoms with Crippen molar-refractivity contribution in [3.63, 3.8) is 0 Å². The molecule has 1 saturated carbocycles. The molecule has 0 radical (unpaired) electrons. The number of carbonyl (C=O) groups excluding carboxylic acids is 2. The smallest absolute Gasteiger partial charge is 0.459 e. The third-order valence-corrected chi connectivity index (χ3v) is 6.99. The number of imide groups is 1. The quantitative estimate of drug-likeness (QED) is 0.631. The third-order valence-electron chi connectivity index (χ3n) is 6.99. The maximum atomic E-state index is 13.5. The maximum Gasteiger partial charge on any atom is 0.527 e. The normalized spacial score (nSPS) is 28.3. The molecule has 0 bridgehead atoms. The van der Waals surface area contributed by atoms with Gasteiger partial charge in [0.1, 0.15) is 18.2 Å². The number of carbonyl (C=O) groups is 3. The fourth-order valence-corrected chi connectivity index (χ4v) is 5.12. The summed E-state index contributed by atoms with van der Waals surface area (Å²) in [6, 6.07) is 2.35. The average Bonchev–Trinajstić information content (AvgIpc) is 3.30. The maximum absolute atomic E-state index is 13.5. The van der Waals surface area contributed by atoms with Crippen molar-refractivity contribution in [2.45, 2.75) is 97.4 Å². The molecule has 2 heterocycles. The van der Waals surface area contributed by atoms with Crippen LogP contribution in [-0.2, 0) is 4.74 Å². The Morgan fingerprint density at radius 3 is 2.31 bits per heavy atom. The average molecular weight is 450 g/mol. The van der Waals surface area contributed by atoms with E-state index in [4.69, 9.17) is 9.15 Å². The van der Waals surface area contributed by atoms with Crippen LogP contribution in [0.1, 0.15) is 84.2 Å². The van der Waals surface area contributed by atoms with Crippen LogP contribution in [-0.4, -0.2) is 62.9 Å². The molecule has 1 aromatic heterocycles. The van der Waals surface area contributed by atoms with Gasteiger partial charge in [-0.2, -0.15) is 9.59 Å². The van der Waals surface area contributed by atoms with Crippen molar-refractivity contribution in [3.05, 3.63) is 24.2 Å². The summed E-state index contributed by atoms with van der Waals surface area (Å²) < 4.78 is 10.1. The lowest BCUT2D eigenvalue weighted by Gasteiger charge is -2.42. The molecule has 1 saturated heterocycles. The van der Waals surface area contributed by atoms with Crippen molar-refractivity contribution in [1.82, 2.24) is 4.90 Å². The SMILES string of the molecule is CC1C[C@H](N(C(=O)c2ccco2)C2CCC(C)(C)CC2)C[N+]1(C(=O)O)C(=O)OC(C)(C)C. The molecule has 2 fully saturated rings. The number of nitrogens with zero attached hydrogens (tertiary/aromatic N) is 2. The number of carboxylic acid groups (broad SMARTS) is 1. The molecule has 1 N–H and O–H groups in total. The van der Waals surface area contributed by atoms with Crippen LogP contribution in [0.25, 0.3) is 0 Å². The summed E-state index contributed by atoms with van der Waals surface area (Å²) in [5.41, 5.74) is -0.593. The highest BCUT2D eigenvalue weighted by Crippen LogP contribution is 2.41. The van der Waals surface area contributed by atoms with E-state index in [2.05, 4.69) is 13.8 Å². The van der Waals surface area contributed by atoms with Crippen LogP contribution in [0.3, 0.4) is 0 Å². The first-order valence-corrected chi connectivity index (χ1v) is 11.5. The molecule has 3 atom stereocenters. The Bertz CT molecular complexity index is 846. The van der Waals surface area contributed by atoms with Gasteiger partial charge in [-0.1, -0.05) is 13.8 Å². The Balaban J connectivity index is 1.94. The van der Waals surface area contributed by atoms with E-state index < -0.39 is 34.4 Å². The van der Waals surface area contributed by atoms with Crippen LogP contribution in [0, 0.1) is 5.41 Å². The zero-order chi connectivity index (χ0) is 23.9. The lowest BCUT2D eigenvalue weighted by atomic mass is 9.75. The molecule has 178 valence electrons. The van der Waals surface area contributed by atoms with Crippen LogP contribution in [0.4, 0.5) is 9.59 Å². The first-order chi connectivity index (χ1) is 14.8. The number of quaternary nitrogens is 1. The number of likely N-dealkylation sites (tertiary alicyclic amines) is 1. The summed E-state index contributed by atoms with van der Waals surface area (Å²) >= 11 is 0. The summed E-state index contributed by atoms with van der Waals surface area (Å²) in [7, 11) is 0. The Kier molecular flexibility index (Phi) is 6.48. The van der Waals surface area contributed by atoms with E-state index in [1.165, 1.54) is 6.26 Å². The molecule has 1 aromatic rings. The van der Waals surface area contributed by atoms with E-state index in [0.29, 0.717) is 6.42 Å². The Hall–Kier alpha value is -2.35. The highest BCUT2D eigenvalue weighted by atomic mass is 16.6. The van der Waals surface area contributed by atoms with Crippen molar-refractivity contribution in [2.24, 2.45) is 5.41 Å². The second kappa shape index (κ2) is 8.54. The zero-order valence-corrected chi connectivity index (χ0v) is 20.1. The summed E-state index contributed by atoms with van der Waals surface area (Å²) in [6.45, 7) is 11.4. The Labute approximate surface area is 190 Å². The lowest BCUT2D eigenvalue weighted by Crippen LogP contribution is -2.61. The molecule has 0 aromatic carbocycles. The number of rotatable bonds is 3. The Morgan fingerprint density at radius 1 is 1.19 bits per heavy atom. The molecule has 1 aliphatic carbocycles. The second-order valence-electron chi connectivity index (χ2n) is 11.1. The predicted octanol–water partition coefficient (Wildman–Crippen LogP) is 5.28. The van der Waals surface area contributed by atoms with Gasteiger partial charge >= 0.3 is 12.2 Å². The molecule has 3 rings (SSSR count). The zero-order valence-electron chi connectivity index (χ0n) is 20.1. The van der Waals surface area contributed by atoms with Gasteiger partial charge in [0.2, 0.25) is 0 Å². The molecule has 0 spiro atoms. The number of hydrogen-bond acceptors (Lipinski definition) is 5.